The van der Waals surface area contributed by atoms with Gasteiger partial charge in [-0.2, -0.15) is 0 Å². The van der Waals surface area contributed by atoms with Gasteiger partial charge in [0.15, 0.2) is 5.76 Å². The first-order chi connectivity index (χ1) is 7.69. The summed E-state index contributed by atoms with van der Waals surface area (Å²) in [5, 5.41) is 1.88. The zero-order valence-electron chi connectivity index (χ0n) is 10.0. The highest BCUT2D eigenvalue weighted by molar-refractivity contribution is 5.25. The van der Waals surface area contributed by atoms with Gasteiger partial charge in [0.2, 0.25) is 0 Å². The molecule has 0 heterocycles. The molecule has 0 aliphatic heterocycles. The number of methoxy groups -OCH3 is 1. The van der Waals surface area contributed by atoms with E-state index in [4.69, 9.17) is 4.74 Å². The highest BCUT2D eigenvalue weighted by Gasteiger charge is 2.17. The molecule has 0 spiro atoms. The van der Waals surface area contributed by atoms with Crippen molar-refractivity contribution in [2.75, 3.05) is 21.2 Å². The molecule has 0 fully saturated rings. The minimum absolute atomic E-state index is 0.0568. The van der Waals surface area contributed by atoms with Crippen LogP contribution in [0, 0.1) is 0 Å². The summed E-state index contributed by atoms with van der Waals surface area (Å²) >= 11 is 0. The second-order valence-electron chi connectivity index (χ2n) is 3.61. The third-order valence-electron chi connectivity index (χ3n) is 2.18. The van der Waals surface area contributed by atoms with Gasteiger partial charge in [0.05, 0.1) is 7.11 Å². The van der Waals surface area contributed by atoms with E-state index >= 15 is 0 Å². The summed E-state index contributed by atoms with van der Waals surface area (Å²) in [6, 6.07) is 10.0. The smallest absolute Gasteiger partial charge is 0.160 e. The fourth-order valence-electron chi connectivity index (χ4n) is 1.48. The van der Waals surface area contributed by atoms with Gasteiger partial charge in [0.25, 0.3) is 0 Å². The molecule has 1 aromatic rings. The van der Waals surface area contributed by atoms with Crippen LogP contribution in [-0.2, 0) is 4.74 Å². The first-order valence-corrected chi connectivity index (χ1v) is 5.11. The minimum atomic E-state index is -0.0568. The zero-order valence-corrected chi connectivity index (χ0v) is 10.0. The number of nitrogens with zero attached hydrogens (tertiary/aromatic N) is 1. The van der Waals surface area contributed by atoms with Crippen LogP contribution in [0.1, 0.15) is 11.6 Å². The number of hydrogen-bond acceptors (Lipinski definition) is 3. The molecule has 0 aliphatic rings. The number of hydrogen-bond donors (Lipinski definition) is 1. The van der Waals surface area contributed by atoms with Crippen molar-refractivity contribution in [3.63, 3.8) is 0 Å². The lowest BCUT2D eigenvalue weighted by Gasteiger charge is -2.23. The molecule has 0 aliphatic carbocycles. The highest BCUT2D eigenvalue weighted by Crippen LogP contribution is 2.21. The quantitative estimate of drug-likeness (QED) is 0.465. The first-order valence-electron chi connectivity index (χ1n) is 5.11. The van der Waals surface area contributed by atoms with E-state index in [-0.39, 0.29) is 6.04 Å². The summed E-state index contributed by atoms with van der Waals surface area (Å²) in [5.74, 6) is 0.680. The summed E-state index contributed by atoms with van der Waals surface area (Å²) in [7, 11) is 5.50. The van der Waals surface area contributed by atoms with Crippen molar-refractivity contribution < 1.29 is 4.74 Å². The van der Waals surface area contributed by atoms with Gasteiger partial charge in [-0.1, -0.05) is 42.6 Å². The third kappa shape index (κ3) is 3.24. The molecule has 1 atom stereocenters. The maximum Gasteiger partial charge on any atom is 0.160 e. The van der Waals surface area contributed by atoms with E-state index in [9.17, 15) is 0 Å². The van der Waals surface area contributed by atoms with E-state index in [0.29, 0.717) is 5.76 Å². The largest absolute Gasteiger partial charge is 0.491 e. The molecule has 3 heteroatoms. The number of benzene rings is 1. The fraction of sp³-hybridized carbons (Fsp3) is 0.308. The van der Waals surface area contributed by atoms with Crippen molar-refractivity contribution >= 4 is 0 Å². The Balaban J connectivity index is 3.01. The van der Waals surface area contributed by atoms with Crippen LogP contribution in [0.15, 0.2) is 48.4 Å². The second kappa shape index (κ2) is 6.13. The van der Waals surface area contributed by atoms with Crippen molar-refractivity contribution in [1.29, 1.82) is 0 Å². The van der Waals surface area contributed by atoms with Crippen LogP contribution in [0.4, 0.5) is 0 Å². The topological polar surface area (TPSA) is 24.5 Å². The summed E-state index contributed by atoms with van der Waals surface area (Å²) < 4.78 is 5.27. The monoisotopic (exact) mass is 218 g/mol. The molecule has 1 rings (SSSR count). The molecule has 0 amide bonds. The van der Waals surface area contributed by atoms with Crippen LogP contribution in [0.3, 0.4) is 0 Å². The summed E-state index contributed by atoms with van der Waals surface area (Å²) in [5.41, 5.74) is 7.19. The van der Waals surface area contributed by atoms with Crippen LogP contribution >= 0.6 is 0 Å². The molecule has 0 aromatic heterocycles. The van der Waals surface area contributed by atoms with E-state index in [2.05, 4.69) is 17.7 Å². The van der Waals surface area contributed by atoms with E-state index in [1.165, 1.54) is 0 Å². The van der Waals surface area contributed by atoms with Crippen LogP contribution < -0.4 is 5.43 Å². The normalized spacial score (nSPS) is 12.0. The number of nitrogens with one attached hydrogen (secondary N) is 1. The first kappa shape index (κ1) is 12.5. The van der Waals surface area contributed by atoms with Crippen LogP contribution in [0.25, 0.3) is 0 Å². The van der Waals surface area contributed by atoms with Gasteiger partial charge >= 0.3 is 0 Å². The average molecular weight is 218 g/mol. The van der Waals surface area contributed by atoms with Crippen molar-refractivity contribution in [2.24, 2.45) is 0 Å². The average Bonchev–Trinajstić information content (AvgIpc) is 2.30. The van der Waals surface area contributed by atoms with Crippen LogP contribution in [0.2, 0.25) is 0 Å². The second-order valence-corrected chi connectivity index (χ2v) is 3.61. The molecule has 0 bridgehead atoms. The standard InChI is InChI=1S/C13H18N2O/c1-5-12(16-4)13(14-15(2)3)11-9-7-6-8-10-11/h6-10,13-14H,1H2,2-4H3. The predicted molar refractivity (Wildman–Crippen MR) is 65.7 cm³/mol. The Morgan fingerprint density at radius 2 is 2.00 bits per heavy atom. The number of ether oxygens (including phenoxy) is 1. The molecular formula is C13H18N2O. The Morgan fingerprint density at radius 1 is 1.38 bits per heavy atom. The Hall–Kier alpha value is -1.54. The van der Waals surface area contributed by atoms with Gasteiger partial charge in [-0.15, -0.1) is 0 Å². The minimum Gasteiger partial charge on any atom is -0.491 e. The Morgan fingerprint density at radius 3 is 2.44 bits per heavy atom. The molecule has 0 saturated carbocycles. The third-order valence-corrected chi connectivity index (χ3v) is 2.18. The van der Waals surface area contributed by atoms with Crippen molar-refractivity contribution in [2.45, 2.75) is 6.04 Å². The SMILES string of the molecule is C=C=C(OC)C(NN(C)C)c1ccccc1. The van der Waals surface area contributed by atoms with Gasteiger partial charge in [-0.05, 0) is 5.56 Å². The molecule has 1 unspecified atom stereocenters. The van der Waals surface area contributed by atoms with E-state index < -0.39 is 0 Å². The van der Waals surface area contributed by atoms with E-state index in [1.807, 2.05) is 49.4 Å². The summed E-state index contributed by atoms with van der Waals surface area (Å²) in [6.45, 7) is 3.64. The van der Waals surface area contributed by atoms with Crippen molar-refractivity contribution in [3.05, 3.63) is 54.0 Å². The molecule has 1 aromatic carbocycles. The lowest BCUT2D eigenvalue weighted by Crippen LogP contribution is -2.35. The molecule has 0 saturated heterocycles. The van der Waals surface area contributed by atoms with Crippen LogP contribution in [0.5, 0.6) is 0 Å². The molecule has 86 valence electrons. The van der Waals surface area contributed by atoms with Gasteiger partial charge in [-0.3, -0.25) is 0 Å². The van der Waals surface area contributed by atoms with Crippen molar-refractivity contribution in [1.82, 2.24) is 10.4 Å². The molecule has 3 nitrogen and oxygen atoms in total. The van der Waals surface area contributed by atoms with Crippen molar-refractivity contribution in [3.8, 4) is 0 Å². The van der Waals surface area contributed by atoms with Crippen LogP contribution in [-0.4, -0.2) is 26.2 Å². The van der Waals surface area contributed by atoms with Gasteiger partial charge in [-0.25, -0.2) is 10.4 Å². The van der Waals surface area contributed by atoms with E-state index in [0.717, 1.165) is 5.56 Å². The predicted octanol–water partition coefficient (Wildman–Crippen LogP) is 2.11. The molecule has 0 radical (unpaired) electrons. The maximum absolute atomic E-state index is 5.27. The molecule has 1 N–H and O–H groups in total. The lowest BCUT2D eigenvalue weighted by molar-refractivity contribution is 0.190. The Labute approximate surface area is 97.0 Å². The zero-order chi connectivity index (χ0) is 12.0. The molecule has 16 heavy (non-hydrogen) atoms. The number of rotatable bonds is 5. The van der Waals surface area contributed by atoms with Gasteiger partial charge in [0.1, 0.15) is 6.04 Å². The Kier molecular flexibility index (Phi) is 4.80. The van der Waals surface area contributed by atoms with Gasteiger partial charge < -0.3 is 4.74 Å². The summed E-state index contributed by atoms with van der Waals surface area (Å²) in [4.78, 5) is 0. The van der Waals surface area contributed by atoms with E-state index in [1.54, 1.807) is 7.11 Å². The number of hydrazine groups is 1. The van der Waals surface area contributed by atoms with Gasteiger partial charge in [0, 0.05) is 14.1 Å². The summed E-state index contributed by atoms with van der Waals surface area (Å²) in [6.07, 6.45) is 0. The molecular weight excluding hydrogens is 200 g/mol. The highest BCUT2D eigenvalue weighted by atomic mass is 16.5. The maximum atomic E-state index is 5.27. The lowest BCUT2D eigenvalue weighted by atomic mass is 10.1. The fourth-order valence-corrected chi connectivity index (χ4v) is 1.48. The Bertz CT molecular complexity index is 367.